The van der Waals surface area contributed by atoms with Crippen LogP contribution in [0.4, 0.5) is 11.4 Å². The Morgan fingerprint density at radius 3 is 2.57 bits per heavy atom. The van der Waals surface area contributed by atoms with Crippen molar-refractivity contribution in [2.45, 2.75) is 13.3 Å². The largest absolute Gasteiger partial charge is 0.484 e. The summed E-state index contributed by atoms with van der Waals surface area (Å²) in [6.45, 7) is 4.76. The number of esters is 1. The Hall–Kier alpha value is -2.58. The van der Waals surface area contributed by atoms with Crippen LogP contribution in [0.25, 0.3) is 0 Å². The molecule has 7 nitrogen and oxygen atoms in total. The third-order valence-electron chi connectivity index (χ3n) is 4.47. The smallest absolute Gasteiger partial charge is 0.340 e. The first kappa shape index (κ1) is 22.1. The molecule has 1 saturated heterocycles. The van der Waals surface area contributed by atoms with Gasteiger partial charge in [0.2, 0.25) is 0 Å². The number of amides is 1. The Morgan fingerprint density at radius 2 is 1.87 bits per heavy atom. The fourth-order valence-corrected chi connectivity index (χ4v) is 3.27. The van der Waals surface area contributed by atoms with Gasteiger partial charge in [-0.2, -0.15) is 0 Å². The zero-order valence-corrected chi connectivity index (χ0v) is 18.4. The van der Waals surface area contributed by atoms with Crippen LogP contribution >= 0.6 is 15.9 Å². The van der Waals surface area contributed by atoms with E-state index >= 15 is 0 Å². The molecular weight excluding hydrogens is 452 g/mol. The SMILES string of the molecule is CCCOC(=O)c1cc(NC(=O)COc2ccc(Br)cc2)ccc1N1CCOCC1. The molecule has 1 aliphatic rings. The van der Waals surface area contributed by atoms with Crippen LogP contribution in [0.1, 0.15) is 23.7 Å². The van der Waals surface area contributed by atoms with Crippen molar-refractivity contribution in [1.82, 2.24) is 0 Å². The number of carbonyl (C=O) groups excluding carboxylic acids is 2. The first-order valence-corrected chi connectivity index (χ1v) is 10.7. The summed E-state index contributed by atoms with van der Waals surface area (Å²) in [6.07, 6.45) is 0.739. The molecule has 3 rings (SSSR count). The fourth-order valence-electron chi connectivity index (χ4n) is 3.01. The van der Waals surface area contributed by atoms with Gasteiger partial charge < -0.3 is 24.4 Å². The van der Waals surface area contributed by atoms with Gasteiger partial charge in [0.25, 0.3) is 5.91 Å². The monoisotopic (exact) mass is 476 g/mol. The number of halogens is 1. The van der Waals surface area contributed by atoms with Crippen LogP contribution in [-0.4, -0.2) is 51.4 Å². The highest BCUT2D eigenvalue weighted by molar-refractivity contribution is 9.10. The molecule has 0 aliphatic carbocycles. The standard InChI is InChI=1S/C22H25BrN2O5/c1-2-11-29-22(27)19-14-17(5-8-20(19)25-9-12-28-13-10-25)24-21(26)15-30-18-6-3-16(23)4-7-18/h3-8,14H,2,9-13,15H2,1H3,(H,24,26). The number of nitrogens with zero attached hydrogens (tertiary/aromatic N) is 1. The topological polar surface area (TPSA) is 77.1 Å². The average Bonchev–Trinajstić information content (AvgIpc) is 2.77. The number of ether oxygens (including phenoxy) is 3. The molecule has 1 fully saturated rings. The number of morpholine rings is 1. The lowest BCUT2D eigenvalue weighted by molar-refractivity contribution is -0.118. The van der Waals surface area contributed by atoms with Crippen LogP contribution in [0.5, 0.6) is 5.75 Å². The number of rotatable bonds is 8. The van der Waals surface area contributed by atoms with Crippen molar-refractivity contribution in [3.05, 3.63) is 52.5 Å². The summed E-state index contributed by atoms with van der Waals surface area (Å²) in [6, 6.07) is 12.5. The second kappa shape index (κ2) is 11.0. The first-order chi connectivity index (χ1) is 14.6. The van der Waals surface area contributed by atoms with Gasteiger partial charge in [0.05, 0.1) is 31.1 Å². The third kappa shape index (κ3) is 6.21. The highest BCUT2D eigenvalue weighted by atomic mass is 79.9. The summed E-state index contributed by atoms with van der Waals surface area (Å²) in [5.74, 6) is -0.120. The van der Waals surface area contributed by atoms with E-state index in [1.54, 1.807) is 24.3 Å². The van der Waals surface area contributed by atoms with Gasteiger partial charge >= 0.3 is 5.97 Å². The summed E-state index contributed by atoms with van der Waals surface area (Å²) in [5, 5.41) is 2.78. The van der Waals surface area contributed by atoms with Crippen molar-refractivity contribution in [2.75, 3.05) is 49.7 Å². The molecule has 0 atom stereocenters. The van der Waals surface area contributed by atoms with E-state index in [4.69, 9.17) is 14.2 Å². The lowest BCUT2D eigenvalue weighted by Gasteiger charge is -2.30. The summed E-state index contributed by atoms with van der Waals surface area (Å²) in [4.78, 5) is 27.0. The van der Waals surface area contributed by atoms with E-state index in [1.165, 1.54) is 0 Å². The molecule has 0 unspecified atom stereocenters. The lowest BCUT2D eigenvalue weighted by atomic mass is 10.1. The lowest BCUT2D eigenvalue weighted by Crippen LogP contribution is -2.37. The maximum absolute atomic E-state index is 12.6. The summed E-state index contributed by atoms with van der Waals surface area (Å²) in [5.41, 5.74) is 1.72. The quantitative estimate of drug-likeness (QED) is 0.582. The Balaban J connectivity index is 1.69. The summed E-state index contributed by atoms with van der Waals surface area (Å²) in [7, 11) is 0. The number of benzene rings is 2. The van der Waals surface area contributed by atoms with Crippen molar-refractivity contribution in [3.8, 4) is 5.75 Å². The molecule has 8 heteroatoms. The van der Waals surface area contributed by atoms with Gasteiger partial charge in [0.15, 0.2) is 6.61 Å². The molecule has 1 heterocycles. The molecule has 2 aromatic rings. The van der Waals surface area contributed by atoms with Crippen molar-refractivity contribution < 1.29 is 23.8 Å². The first-order valence-electron chi connectivity index (χ1n) is 9.89. The normalized spacial score (nSPS) is 13.6. The van der Waals surface area contributed by atoms with Crippen LogP contribution in [-0.2, 0) is 14.3 Å². The fraction of sp³-hybridized carbons (Fsp3) is 0.364. The van der Waals surface area contributed by atoms with Gasteiger partial charge in [-0.1, -0.05) is 22.9 Å². The maximum atomic E-state index is 12.6. The second-order valence-electron chi connectivity index (χ2n) is 6.76. The number of hydrogen-bond acceptors (Lipinski definition) is 6. The van der Waals surface area contributed by atoms with Gasteiger partial charge in [-0.25, -0.2) is 4.79 Å². The van der Waals surface area contributed by atoms with Crippen molar-refractivity contribution in [1.29, 1.82) is 0 Å². The van der Waals surface area contributed by atoms with E-state index in [2.05, 4.69) is 26.1 Å². The molecule has 0 saturated carbocycles. The minimum atomic E-state index is -0.402. The molecular formula is C22H25BrN2O5. The molecule has 1 N–H and O–H groups in total. The van der Waals surface area contributed by atoms with E-state index in [0.717, 1.165) is 16.6 Å². The van der Waals surface area contributed by atoms with Gasteiger partial charge in [-0.3, -0.25) is 4.79 Å². The average molecular weight is 477 g/mol. The van der Waals surface area contributed by atoms with Gasteiger partial charge in [-0.05, 0) is 48.9 Å². The second-order valence-corrected chi connectivity index (χ2v) is 7.67. The van der Waals surface area contributed by atoms with E-state index in [1.807, 2.05) is 25.1 Å². The van der Waals surface area contributed by atoms with E-state index in [-0.39, 0.29) is 12.5 Å². The molecule has 1 aliphatic heterocycles. The molecule has 0 aromatic heterocycles. The highest BCUT2D eigenvalue weighted by Gasteiger charge is 2.21. The molecule has 1 amide bonds. The van der Waals surface area contributed by atoms with E-state index in [9.17, 15) is 9.59 Å². The Labute approximate surface area is 184 Å². The number of anilines is 2. The zero-order valence-electron chi connectivity index (χ0n) is 16.9. The Bertz CT molecular complexity index is 866. The van der Waals surface area contributed by atoms with Crippen LogP contribution in [0.3, 0.4) is 0 Å². The maximum Gasteiger partial charge on any atom is 0.340 e. The highest BCUT2D eigenvalue weighted by Crippen LogP contribution is 2.26. The van der Waals surface area contributed by atoms with Crippen LogP contribution in [0, 0.1) is 0 Å². The number of hydrogen-bond donors (Lipinski definition) is 1. The van der Waals surface area contributed by atoms with Crippen molar-refractivity contribution in [2.24, 2.45) is 0 Å². The summed E-state index contributed by atoms with van der Waals surface area (Å²) < 4.78 is 17.2. The van der Waals surface area contributed by atoms with E-state index in [0.29, 0.717) is 49.9 Å². The van der Waals surface area contributed by atoms with Gasteiger partial charge in [0.1, 0.15) is 5.75 Å². The third-order valence-corrected chi connectivity index (χ3v) is 5.00. The minimum absolute atomic E-state index is 0.136. The number of carbonyl (C=O) groups is 2. The van der Waals surface area contributed by atoms with Crippen molar-refractivity contribution in [3.63, 3.8) is 0 Å². The molecule has 2 aromatic carbocycles. The predicted octanol–water partition coefficient (Wildman–Crippen LogP) is 3.87. The van der Waals surface area contributed by atoms with Crippen LogP contribution in [0.15, 0.2) is 46.9 Å². The Kier molecular flexibility index (Phi) is 8.10. The molecule has 160 valence electrons. The zero-order chi connectivity index (χ0) is 21.3. The van der Waals surface area contributed by atoms with E-state index < -0.39 is 5.97 Å². The van der Waals surface area contributed by atoms with Gasteiger partial charge in [0, 0.05) is 23.2 Å². The van der Waals surface area contributed by atoms with Crippen LogP contribution in [0.2, 0.25) is 0 Å². The predicted molar refractivity (Wildman–Crippen MR) is 118 cm³/mol. The van der Waals surface area contributed by atoms with Crippen LogP contribution < -0.4 is 15.0 Å². The molecule has 0 bridgehead atoms. The molecule has 0 radical (unpaired) electrons. The molecule has 30 heavy (non-hydrogen) atoms. The number of nitrogens with one attached hydrogen (secondary N) is 1. The van der Waals surface area contributed by atoms with Crippen molar-refractivity contribution >= 4 is 39.2 Å². The minimum Gasteiger partial charge on any atom is -0.484 e. The Morgan fingerprint density at radius 1 is 1.13 bits per heavy atom. The summed E-state index contributed by atoms with van der Waals surface area (Å²) >= 11 is 3.36. The van der Waals surface area contributed by atoms with Gasteiger partial charge in [-0.15, -0.1) is 0 Å². The molecule has 0 spiro atoms.